The van der Waals surface area contributed by atoms with Crippen LogP contribution in [0.4, 0.5) is 5.82 Å². The van der Waals surface area contributed by atoms with Crippen LogP contribution in [-0.4, -0.2) is 57.5 Å². The third-order valence-electron chi connectivity index (χ3n) is 5.58. The maximum absolute atomic E-state index is 12.8. The molecular formula is C20H20ClN5O2. The van der Waals surface area contributed by atoms with Crippen LogP contribution in [0.1, 0.15) is 12.8 Å². The van der Waals surface area contributed by atoms with Gasteiger partial charge in [-0.25, -0.2) is 9.97 Å². The Labute approximate surface area is 167 Å². The molecule has 2 aliphatic rings. The molecule has 2 unspecified atom stereocenters. The lowest BCUT2D eigenvalue weighted by Gasteiger charge is -2.41. The maximum atomic E-state index is 12.8. The molecule has 5 rings (SSSR count). The number of H-pyrrole nitrogens is 1. The quantitative estimate of drug-likeness (QED) is 0.732. The minimum Gasteiger partial charge on any atom is -0.484 e. The summed E-state index contributed by atoms with van der Waals surface area (Å²) in [6.45, 7) is 1.60. The predicted molar refractivity (Wildman–Crippen MR) is 107 cm³/mol. The molecule has 2 fully saturated rings. The number of halogens is 1. The number of carbonyl (C=O) groups is 1. The number of anilines is 1. The first-order valence-corrected chi connectivity index (χ1v) is 9.79. The van der Waals surface area contributed by atoms with Crippen LogP contribution in [0.3, 0.4) is 0 Å². The van der Waals surface area contributed by atoms with Gasteiger partial charge in [-0.1, -0.05) is 11.6 Å². The Kier molecular flexibility index (Phi) is 4.31. The van der Waals surface area contributed by atoms with Crippen molar-refractivity contribution in [1.82, 2.24) is 19.9 Å². The van der Waals surface area contributed by atoms with Gasteiger partial charge in [0.25, 0.3) is 5.91 Å². The third kappa shape index (κ3) is 3.05. The summed E-state index contributed by atoms with van der Waals surface area (Å²) < 4.78 is 5.67. The summed E-state index contributed by atoms with van der Waals surface area (Å²) in [6.07, 6.45) is 5.49. The van der Waals surface area contributed by atoms with Gasteiger partial charge in [-0.2, -0.15) is 0 Å². The zero-order valence-corrected chi connectivity index (χ0v) is 16.0. The first kappa shape index (κ1) is 17.3. The number of carbonyl (C=O) groups excluding carboxylic acids is 1. The van der Waals surface area contributed by atoms with Crippen molar-refractivity contribution in [3.8, 4) is 5.75 Å². The van der Waals surface area contributed by atoms with Crippen molar-refractivity contribution in [2.24, 2.45) is 0 Å². The SMILES string of the molecule is O=C(COc1ccc(Cl)cc1)N1C2CCC1CN(c1ncnc3[nH]ccc13)C2. The van der Waals surface area contributed by atoms with E-state index in [1.54, 1.807) is 30.6 Å². The van der Waals surface area contributed by atoms with Crippen LogP contribution in [0, 0.1) is 0 Å². The van der Waals surface area contributed by atoms with Gasteiger partial charge in [0.15, 0.2) is 6.61 Å². The standard InChI is InChI=1S/C20H20ClN5O2/c21-13-1-5-16(6-2-13)28-11-18(27)26-14-3-4-15(26)10-25(9-14)20-17-7-8-22-19(17)23-12-24-20/h1-2,5-8,12,14-15H,3-4,9-11H2,(H,22,23,24). The Hall–Kier alpha value is -2.80. The van der Waals surface area contributed by atoms with E-state index in [-0.39, 0.29) is 24.6 Å². The summed E-state index contributed by atoms with van der Waals surface area (Å²) in [5.74, 6) is 1.63. The first-order valence-electron chi connectivity index (χ1n) is 9.41. The van der Waals surface area contributed by atoms with Crippen LogP contribution in [0.15, 0.2) is 42.9 Å². The molecule has 2 aromatic heterocycles. The smallest absolute Gasteiger partial charge is 0.261 e. The van der Waals surface area contributed by atoms with Crippen molar-refractivity contribution in [3.63, 3.8) is 0 Å². The summed E-state index contributed by atoms with van der Waals surface area (Å²) in [6, 6.07) is 9.44. The lowest BCUT2D eigenvalue weighted by atomic mass is 10.1. The fraction of sp³-hybridized carbons (Fsp3) is 0.350. The average Bonchev–Trinajstić information content (AvgIpc) is 3.29. The van der Waals surface area contributed by atoms with Crippen molar-refractivity contribution in [2.45, 2.75) is 24.9 Å². The molecule has 7 nitrogen and oxygen atoms in total. The summed E-state index contributed by atoms with van der Waals surface area (Å²) in [5, 5.41) is 1.67. The summed E-state index contributed by atoms with van der Waals surface area (Å²) in [4.78, 5) is 29.0. The van der Waals surface area contributed by atoms with E-state index < -0.39 is 0 Å². The Bertz CT molecular complexity index is 991. The Balaban J connectivity index is 1.28. The van der Waals surface area contributed by atoms with Gasteiger partial charge in [0, 0.05) is 36.4 Å². The van der Waals surface area contributed by atoms with E-state index in [1.807, 2.05) is 17.2 Å². The summed E-state index contributed by atoms with van der Waals surface area (Å²) in [5.41, 5.74) is 0.840. The number of benzene rings is 1. The molecule has 4 heterocycles. The molecule has 3 aromatic rings. The minimum absolute atomic E-state index is 0.0385. The highest BCUT2D eigenvalue weighted by atomic mass is 35.5. The number of nitrogens with one attached hydrogen (secondary N) is 1. The molecule has 8 heteroatoms. The van der Waals surface area contributed by atoms with Crippen LogP contribution in [0.2, 0.25) is 5.02 Å². The highest BCUT2D eigenvalue weighted by molar-refractivity contribution is 6.30. The molecule has 1 N–H and O–H groups in total. The number of hydrogen-bond acceptors (Lipinski definition) is 5. The monoisotopic (exact) mass is 397 g/mol. The van der Waals surface area contributed by atoms with Gasteiger partial charge in [0.05, 0.1) is 5.39 Å². The molecule has 2 saturated heterocycles. The number of rotatable bonds is 4. The lowest BCUT2D eigenvalue weighted by molar-refractivity contribution is -0.136. The predicted octanol–water partition coefficient (Wildman–Crippen LogP) is 2.87. The Morgan fingerprint density at radius 3 is 2.64 bits per heavy atom. The van der Waals surface area contributed by atoms with Crippen molar-refractivity contribution in [2.75, 3.05) is 24.6 Å². The molecule has 2 bridgehead atoms. The molecule has 0 aliphatic carbocycles. The first-order chi connectivity index (χ1) is 13.7. The second kappa shape index (κ2) is 6.98. The number of amides is 1. The lowest BCUT2D eigenvalue weighted by Crippen LogP contribution is -2.57. The molecule has 2 atom stereocenters. The maximum Gasteiger partial charge on any atom is 0.261 e. The van der Waals surface area contributed by atoms with Gasteiger partial charge in [0.1, 0.15) is 23.5 Å². The van der Waals surface area contributed by atoms with Crippen LogP contribution in [0.25, 0.3) is 11.0 Å². The Morgan fingerprint density at radius 1 is 1.14 bits per heavy atom. The molecule has 1 aromatic carbocycles. The van der Waals surface area contributed by atoms with E-state index in [2.05, 4.69) is 19.9 Å². The number of aromatic nitrogens is 3. The molecule has 144 valence electrons. The van der Waals surface area contributed by atoms with E-state index in [9.17, 15) is 4.79 Å². The third-order valence-corrected chi connectivity index (χ3v) is 5.83. The van der Waals surface area contributed by atoms with Crippen molar-refractivity contribution < 1.29 is 9.53 Å². The Morgan fingerprint density at radius 2 is 1.89 bits per heavy atom. The van der Waals surface area contributed by atoms with Crippen LogP contribution >= 0.6 is 11.6 Å². The number of ether oxygens (including phenoxy) is 1. The van der Waals surface area contributed by atoms with Crippen LogP contribution in [-0.2, 0) is 4.79 Å². The zero-order chi connectivity index (χ0) is 19.1. The van der Waals surface area contributed by atoms with Crippen LogP contribution in [0.5, 0.6) is 5.75 Å². The molecule has 28 heavy (non-hydrogen) atoms. The van der Waals surface area contributed by atoms with E-state index in [0.717, 1.165) is 42.8 Å². The summed E-state index contributed by atoms with van der Waals surface area (Å²) in [7, 11) is 0. The van der Waals surface area contributed by atoms with Gasteiger partial charge in [-0.3, -0.25) is 4.79 Å². The van der Waals surface area contributed by atoms with Gasteiger partial charge in [-0.15, -0.1) is 0 Å². The van der Waals surface area contributed by atoms with Gasteiger partial charge >= 0.3 is 0 Å². The second-order valence-corrected chi connectivity index (χ2v) is 7.71. The molecule has 1 amide bonds. The normalized spacial score (nSPS) is 21.3. The topological polar surface area (TPSA) is 74.3 Å². The molecule has 0 spiro atoms. The van der Waals surface area contributed by atoms with Crippen molar-refractivity contribution in [3.05, 3.63) is 47.9 Å². The molecular weight excluding hydrogens is 378 g/mol. The summed E-state index contributed by atoms with van der Waals surface area (Å²) >= 11 is 5.89. The number of nitrogens with zero attached hydrogens (tertiary/aromatic N) is 4. The van der Waals surface area contributed by atoms with E-state index in [0.29, 0.717) is 10.8 Å². The van der Waals surface area contributed by atoms with Crippen molar-refractivity contribution >= 4 is 34.4 Å². The van der Waals surface area contributed by atoms with Gasteiger partial charge in [0.2, 0.25) is 0 Å². The van der Waals surface area contributed by atoms with E-state index in [4.69, 9.17) is 16.3 Å². The second-order valence-electron chi connectivity index (χ2n) is 7.27. The number of hydrogen-bond donors (Lipinski definition) is 1. The highest BCUT2D eigenvalue weighted by Crippen LogP contribution is 2.34. The van der Waals surface area contributed by atoms with Crippen molar-refractivity contribution in [1.29, 1.82) is 0 Å². The fourth-order valence-corrected chi connectivity index (χ4v) is 4.47. The highest BCUT2D eigenvalue weighted by Gasteiger charge is 2.43. The zero-order valence-electron chi connectivity index (χ0n) is 15.2. The molecule has 2 aliphatic heterocycles. The number of fused-ring (bicyclic) bond motifs is 3. The van der Waals surface area contributed by atoms with Gasteiger partial charge in [-0.05, 0) is 43.2 Å². The average molecular weight is 398 g/mol. The van der Waals surface area contributed by atoms with E-state index in [1.165, 1.54) is 0 Å². The molecule has 0 saturated carbocycles. The molecule has 0 radical (unpaired) electrons. The largest absolute Gasteiger partial charge is 0.484 e. The number of aromatic amines is 1. The minimum atomic E-state index is 0.0385. The van der Waals surface area contributed by atoms with Gasteiger partial charge < -0.3 is 19.5 Å². The fourth-order valence-electron chi connectivity index (χ4n) is 4.34. The van der Waals surface area contributed by atoms with E-state index >= 15 is 0 Å². The number of piperazine rings is 1. The van der Waals surface area contributed by atoms with Crippen LogP contribution < -0.4 is 9.64 Å².